The Kier molecular flexibility index (Phi) is 9.03. The number of rotatable bonds is 9. The van der Waals surface area contributed by atoms with Crippen LogP contribution in [0.3, 0.4) is 0 Å². The zero-order valence-corrected chi connectivity index (χ0v) is 24.1. The Morgan fingerprint density at radius 3 is 2.19 bits per heavy atom. The fraction of sp³-hybridized carbons (Fsp3) is 0.500. The first-order valence-electron chi connectivity index (χ1n) is 12.4. The number of amides is 1. The molecular weight excluding hydrogens is 533 g/mol. The molecule has 1 aliphatic rings. The van der Waals surface area contributed by atoms with Gasteiger partial charge in [-0.15, -0.1) is 0 Å². The Hall–Kier alpha value is -2.09. The van der Waals surface area contributed by atoms with Crippen LogP contribution in [-0.4, -0.2) is 47.3 Å². The molecule has 0 aromatic heterocycles. The molecule has 3 rings (SSSR count). The van der Waals surface area contributed by atoms with Crippen molar-refractivity contribution in [3.8, 4) is 0 Å². The van der Waals surface area contributed by atoms with Gasteiger partial charge in [-0.3, -0.25) is 9.59 Å². The van der Waals surface area contributed by atoms with Gasteiger partial charge in [-0.1, -0.05) is 68.2 Å². The fourth-order valence-electron chi connectivity index (χ4n) is 5.27. The number of carboxylic acids is 1. The third kappa shape index (κ3) is 6.50. The molecule has 2 aromatic carbocycles. The number of piperidine rings is 1. The molecule has 6 nitrogen and oxygen atoms in total. The van der Waals surface area contributed by atoms with Gasteiger partial charge in [0.15, 0.2) is 9.84 Å². The predicted octanol–water partition coefficient (Wildman–Crippen LogP) is 6.38. The van der Waals surface area contributed by atoms with Crippen molar-refractivity contribution in [3.05, 3.63) is 69.7 Å². The maximum Gasteiger partial charge on any atom is 0.304 e. The molecule has 1 heterocycles. The lowest BCUT2D eigenvalue weighted by molar-refractivity contribution is -0.161. The molecule has 2 aromatic rings. The summed E-state index contributed by atoms with van der Waals surface area (Å²) in [5.74, 6) is -2.19. The molecule has 1 aliphatic heterocycles. The Morgan fingerprint density at radius 1 is 1.05 bits per heavy atom. The fourth-order valence-corrected chi connectivity index (χ4v) is 7.00. The molecule has 0 saturated carbocycles. The molecule has 1 fully saturated rings. The number of carboxylic acid groups (broad SMARTS) is 1. The number of sulfone groups is 1. The molecular formula is C28H35Cl2NO5S. The summed E-state index contributed by atoms with van der Waals surface area (Å²) in [6, 6.07) is 13.3. The quantitative estimate of drug-likeness (QED) is 0.379. The van der Waals surface area contributed by atoms with E-state index in [2.05, 4.69) is 0 Å². The highest BCUT2D eigenvalue weighted by Gasteiger charge is 2.53. The summed E-state index contributed by atoms with van der Waals surface area (Å²) in [5, 5.41) is 10.2. The Labute approximate surface area is 229 Å². The van der Waals surface area contributed by atoms with E-state index >= 15 is 0 Å². The van der Waals surface area contributed by atoms with Gasteiger partial charge in [0.05, 0.1) is 28.9 Å². The summed E-state index contributed by atoms with van der Waals surface area (Å²) in [7, 11) is -3.53. The molecule has 0 aliphatic carbocycles. The highest BCUT2D eigenvalue weighted by molar-refractivity contribution is 7.92. The molecule has 9 heteroatoms. The van der Waals surface area contributed by atoms with Gasteiger partial charge in [-0.2, -0.15) is 0 Å². The molecule has 0 radical (unpaired) electrons. The van der Waals surface area contributed by atoms with Crippen molar-refractivity contribution in [1.82, 2.24) is 4.90 Å². The number of carbonyl (C=O) groups excluding carboxylic acids is 1. The van der Waals surface area contributed by atoms with E-state index in [4.69, 9.17) is 23.2 Å². The summed E-state index contributed by atoms with van der Waals surface area (Å²) < 4.78 is 26.3. The summed E-state index contributed by atoms with van der Waals surface area (Å²) in [4.78, 5) is 27.9. The largest absolute Gasteiger partial charge is 0.481 e. The SMILES string of the molecule is CC(C)[C@@H](CS(=O)(=O)C(C)C)N1C(=O)[C@](C)(CC(=O)O)C[C@@H](c2cccc(Cl)c2)C1c1ccc(Cl)cc1. The van der Waals surface area contributed by atoms with Crippen LogP contribution in [0.15, 0.2) is 48.5 Å². The first kappa shape index (κ1) is 29.5. The number of likely N-dealkylation sites (tertiary alicyclic amines) is 1. The van der Waals surface area contributed by atoms with Crippen molar-refractivity contribution in [2.24, 2.45) is 11.3 Å². The molecule has 1 saturated heterocycles. The first-order valence-corrected chi connectivity index (χ1v) is 14.9. The standard InChI is InChI=1S/C28H35Cl2NO5S/c1-17(2)24(16-37(35,36)18(3)4)31-26(19-9-11-21(29)12-10-19)23(20-7-6-8-22(30)13-20)14-28(5,27(31)34)15-25(32)33/h6-13,17-18,23-24,26H,14-16H2,1-5H3,(H,32,33)/t23-,24+,26?,28-/m0/s1. The van der Waals surface area contributed by atoms with E-state index in [1.807, 2.05) is 44.2 Å². The number of hydrogen-bond donors (Lipinski definition) is 1. The van der Waals surface area contributed by atoms with Crippen molar-refractivity contribution in [3.63, 3.8) is 0 Å². The van der Waals surface area contributed by atoms with E-state index in [-0.39, 0.29) is 36.3 Å². The van der Waals surface area contributed by atoms with Crippen LogP contribution in [0, 0.1) is 11.3 Å². The van der Waals surface area contributed by atoms with Crippen LogP contribution in [0.1, 0.15) is 70.5 Å². The van der Waals surface area contributed by atoms with Crippen molar-refractivity contribution >= 4 is 44.9 Å². The second-order valence-electron chi connectivity index (χ2n) is 10.9. The smallest absolute Gasteiger partial charge is 0.304 e. The van der Waals surface area contributed by atoms with Crippen LogP contribution in [0.2, 0.25) is 10.0 Å². The summed E-state index contributed by atoms with van der Waals surface area (Å²) in [5.41, 5.74) is 0.416. The number of benzene rings is 2. The normalized spacial score (nSPS) is 23.5. The molecule has 1 unspecified atom stereocenters. The topological polar surface area (TPSA) is 91.8 Å². The van der Waals surface area contributed by atoms with E-state index in [1.165, 1.54) is 0 Å². The zero-order chi connectivity index (χ0) is 27.7. The summed E-state index contributed by atoms with van der Waals surface area (Å²) in [6.45, 7) is 8.71. The summed E-state index contributed by atoms with van der Waals surface area (Å²) in [6.07, 6.45) is -0.0987. The highest BCUT2D eigenvalue weighted by Crippen LogP contribution is 2.52. The molecule has 4 atom stereocenters. The van der Waals surface area contributed by atoms with Crippen LogP contribution in [0.4, 0.5) is 0 Å². The van der Waals surface area contributed by atoms with Crippen molar-refractivity contribution in [2.45, 2.75) is 70.7 Å². The monoisotopic (exact) mass is 567 g/mol. The third-order valence-electron chi connectivity index (χ3n) is 7.38. The average Bonchev–Trinajstić information content (AvgIpc) is 2.79. The predicted molar refractivity (Wildman–Crippen MR) is 148 cm³/mol. The maximum absolute atomic E-state index is 14.3. The van der Waals surface area contributed by atoms with Gasteiger partial charge in [0.2, 0.25) is 5.91 Å². The first-order chi connectivity index (χ1) is 17.2. The lowest BCUT2D eigenvalue weighted by atomic mass is 9.66. The molecule has 1 N–H and O–H groups in total. The van der Waals surface area contributed by atoms with Crippen LogP contribution >= 0.6 is 23.2 Å². The molecule has 0 bridgehead atoms. The highest BCUT2D eigenvalue weighted by atomic mass is 35.5. The maximum atomic E-state index is 14.3. The van der Waals surface area contributed by atoms with Crippen LogP contribution in [0.25, 0.3) is 0 Å². The van der Waals surface area contributed by atoms with Crippen LogP contribution < -0.4 is 0 Å². The number of aliphatic carboxylic acids is 1. The number of carbonyl (C=O) groups is 2. The van der Waals surface area contributed by atoms with Gasteiger partial charge in [0.25, 0.3) is 0 Å². The second-order valence-corrected chi connectivity index (χ2v) is 14.4. The molecule has 37 heavy (non-hydrogen) atoms. The van der Waals surface area contributed by atoms with Gasteiger partial charge >= 0.3 is 5.97 Å². The van der Waals surface area contributed by atoms with Crippen LogP contribution in [-0.2, 0) is 19.4 Å². The lowest BCUT2D eigenvalue weighted by Gasteiger charge is -2.52. The average molecular weight is 569 g/mol. The zero-order valence-electron chi connectivity index (χ0n) is 21.8. The van der Waals surface area contributed by atoms with Crippen molar-refractivity contribution < 1.29 is 23.1 Å². The van der Waals surface area contributed by atoms with Crippen LogP contribution in [0.5, 0.6) is 0 Å². The van der Waals surface area contributed by atoms with Crippen molar-refractivity contribution in [1.29, 1.82) is 0 Å². The van der Waals surface area contributed by atoms with E-state index in [0.717, 1.165) is 11.1 Å². The molecule has 1 amide bonds. The molecule has 0 spiro atoms. The van der Waals surface area contributed by atoms with E-state index in [9.17, 15) is 23.1 Å². The van der Waals surface area contributed by atoms with Gasteiger partial charge in [-0.05, 0) is 61.6 Å². The second kappa shape index (κ2) is 11.3. The third-order valence-corrected chi connectivity index (χ3v) is 10.1. The minimum atomic E-state index is -3.53. The van der Waals surface area contributed by atoms with Gasteiger partial charge < -0.3 is 10.0 Å². The van der Waals surface area contributed by atoms with Gasteiger partial charge in [0.1, 0.15) is 0 Å². The van der Waals surface area contributed by atoms with E-state index < -0.39 is 38.6 Å². The minimum Gasteiger partial charge on any atom is -0.481 e. The van der Waals surface area contributed by atoms with E-state index in [1.54, 1.807) is 43.9 Å². The molecule has 202 valence electrons. The number of hydrogen-bond acceptors (Lipinski definition) is 4. The van der Waals surface area contributed by atoms with E-state index in [0.29, 0.717) is 10.0 Å². The lowest BCUT2D eigenvalue weighted by Crippen LogP contribution is -2.59. The van der Waals surface area contributed by atoms with Gasteiger partial charge in [-0.25, -0.2) is 8.42 Å². The van der Waals surface area contributed by atoms with Gasteiger partial charge in [0, 0.05) is 22.0 Å². The Balaban J connectivity index is 2.30. The Bertz CT molecular complexity index is 1250. The Morgan fingerprint density at radius 2 is 1.68 bits per heavy atom. The summed E-state index contributed by atoms with van der Waals surface area (Å²) >= 11 is 12.5. The minimum absolute atomic E-state index is 0.209. The number of halogens is 2. The van der Waals surface area contributed by atoms with Crippen molar-refractivity contribution in [2.75, 3.05) is 5.75 Å². The number of nitrogens with zero attached hydrogens (tertiary/aromatic N) is 1.